The normalized spacial score (nSPS) is 42.9. The summed E-state index contributed by atoms with van der Waals surface area (Å²) < 4.78 is 10.9. The number of hydrogen-bond donors (Lipinski definition) is 8. The maximum Gasteiger partial charge on any atom is 0.136 e. The van der Waals surface area contributed by atoms with Gasteiger partial charge in [-0.15, -0.1) is 0 Å². The van der Waals surface area contributed by atoms with Gasteiger partial charge in [0, 0.05) is 0 Å². The molecule has 1 aromatic carbocycles. The molecule has 0 bridgehead atoms. The molecule has 0 saturated carbocycles. The summed E-state index contributed by atoms with van der Waals surface area (Å²) in [5, 5.41) is 82.8. The molecule has 11 atom stereocenters. The Balaban J connectivity index is 1.90. The van der Waals surface area contributed by atoms with E-state index in [9.17, 15) is 40.9 Å². The first kappa shape index (κ1) is 23.2. The van der Waals surface area contributed by atoms with E-state index in [0.29, 0.717) is 0 Å². The Labute approximate surface area is 172 Å². The zero-order valence-corrected chi connectivity index (χ0v) is 16.0. The van der Waals surface area contributed by atoms with Crippen molar-refractivity contribution in [3.63, 3.8) is 0 Å². The minimum atomic E-state index is -2.00. The maximum absolute atomic E-state index is 11.2. The van der Waals surface area contributed by atoms with E-state index >= 15 is 0 Å². The van der Waals surface area contributed by atoms with E-state index < -0.39 is 73.2 Å². The number of ether oxygens (including phenoxy) is 2. The summed E-state index contributed by atoms with van der Waals surface area (Å²) in [6, 6.07) is 8.07. The summed E-state index contributed by atoms with van der Waals surface area (Å²) in [6.07, 6.45) is -15.4. The fourth-order valence-corrected chi connectivity index (χ4v) is 3.97. The second-order valence-electron chi connectivity index (χ2n) is 7.73. The number of hydrogen-bond acceptors (Lipinski definition) is 10. The van der Waals surface area contributed by atoms with Crippen LogP contribution in [-0.4, -0.2) is 108 Å². The summed E-state index contributed by atoms with van der Waals surface area (Å²) in [6.45, 7) is 3.19. The van der Waals surface area contributed by atoms with Crippen molar-refractivity contribution in [1.82, 2.24) is 0 Å². The summed E-state index contributed by atoms with van der Waals surface area (Å²) in [4.78, 5) is 0. The third kappa shape index (κ3) is 3.92. The van der Waals surface area contributed by atoms with Crippen LogP contribution in [0, 0.1) is 0 Å². The standard InChI is InChI=1S/C20H28O10/c1-2-20(28,9-6-4-3-5-7-9)19-15(26)12(23)14(25)18(30-19)16(27)17-13(24)11(22)10(21)8-29-17/h2-7,10-19,21-28H,1,8H2/t10-,11-,12+,13+,14+,15-,16?,17-,18+,19-,20?/m1/s1. The van der Waals surface area contributed by atoms with Gasteiger partial charge in [0.15, 0.2) is 0 Å². The molecule has 2 unspecified atom stereocenters. The molecule has 0 aromatic heterocycles. The Kier molecular flexibility index (Phi) is 6.94. The van der Waals surface area contributed by atoms with Crippen molar-refractivity contribution < 1.29 is 50.3 Å². The Bertz CT molecular complexity index is 717. The number of aliphatic hydroxyl groups excluding tert-OH is 7. The number of benzene rings is 1. The lowest BCUT2D eigenvalue weighted by Gasteiger charge is -2.49. The Morgan fingerprint density at radius 1 is 0.900 bits per heavy atom. The Hall–Kier alpha value is -1.44. The summed E-state index contributed by atoms with van der Waals surface area (Å²) in [5.41, 5.74) is -1.71. The molecule has 0 amide bonds. The van der Waals surface area contributed by atoms with E-state index in [-0.39, 0.29) is 5.56 Å². The molecule has 2 saturated heterocycles. The van der Waals surface area contributed by atoms with Crippen LogP contribution in [0.4, 0.5) is 0 Å². The molecular formula is C20H28O10. The summed E-state index contributed by atoms with van der Waals surface area (Å²) in [7, 11) is 0. The van der Waals surface area contributed by atoms with E-state index in [1.165, 1.54) is 0 Å². The van der Waals surface area contributed by atoms with Crippen LogP contribution in [0.2, 0.25) is 0 Å². The van der Waals surface area contributed by atoms with Gasteiger partial charge in [-0.3, -0.25) is 0 Å². The average Bonchev–Trinajstić information content (AvgIpc) is 2.76. The van der Waals surface area contributed by atoms with E-state index in [4.69, 9.17) is 9.47 Å². The summed E-state index contributed by atoms with van der Waals surface area (Å²) in [5.74, 6) is 0. The second kappa shape index (κ2) is 8.97. The van der Waals surface area contributed by atoms with Crippen LogP contribution < -0.4 is 0 Å². The zero-order chi connectivity index (χ0) is 22.2. The highest BCUT2D eigenvalue weighted by atomic mass is 16.6. The highest BCUT2D eigenvalue weighted by Crippen LogP contribution is 2.37. The van der Waals surface area contributed by atoms with Crippen LogP contribution >= 0.6 is 0 Å². The lowest BCUT2D eigenvalue weighted by molar-refractivity contribution is -0.296. The van der Waals surface area contributed by atoms with Crippen molar-refractivity contribution in [1.29, 1.82) is 0 Å². The fourth-order valence-electron chi connectivity index (χ4n) is 3.97. The van der Waals surface area contributed by atoms with Gasteiger partial charge in [-0.1, -0.05) is 43.0 Å². The van der Waals surface area contributed by atoms with Gasteiger partial charge in [0.2, 0.25) is 0 Å². The molecule has 1 aromatic rings. The number of aliphatic hydroxyl groups is 8. The van der Waals surface area contributed by atoms with Gasteiger partial charge in [0.25, 0.3) is 0 Å². The topological polar surface area (TPSA) is 180 Å². The van der Waals surface area contributed by atoms with Gasteiger partial charge in [-0.25, -0.2) is 0 Å². The maximum atomic E-state index is 11.2. The van der Waals surface area contributed by atoms with Crippen molar-refractivity contribution in [2.24, 2.45) is 0 Å². The Morgan fingerprint density at radius 3 is 2.10 bits per heavy atom. The highest BCUT2D eigenvalue weighted by Gasteiger charge is 2.56. The third-order valence-electron chi connectivity index (χ3n) is 5.84. The summed E-state index contributed by atoms with van der Waals surface area (Å²) >= 11 is 0. The van der Waals surface area contributed by atoms with Crippen molar-refractivity contribution in [3.05, 3.63) is 48.6 Å². The van der Waals surface area contributed by atoms with E-state index in [1.54, 1.807) is 30.3 Å². The molecule has 0 radical (unpaired) electrons. The van der Waals surface area contributed by atoms with Crippen molar-refractivity contribution in [2.75, 3.05) is 6.61 Å². The Morgan fingerprint density at radius 2 is 1.50 bits per heavy atom. The predicted molar refractivity (Wildman–Crippen MR) is 101 cm³/mol. The molecule has 0 spiro atoms. The first-order valence-corrected chi connectivity index (χ1v) is 9.58. The molecule has 30 heavy (non-hydrogen) atoms. The van der Waals surface area contributed by atoms with Crippen LogP contribution in [0.1, 0.15) is 5.56 Å². The minimum Gasteiger partial charge on any atom is -0.388 e. The quantitative estimate of drug-likeness (QED) is 0.222. The van der Waals surface area contributed by atoms with Gasteiger partial charge in [-0.2, -0.15) is 0 Å². The first-order valence-electron chi connectivity index (χ1n) is 9.58. The van der Waals surface area contributed by atoms with Crippen LogP contribution in [0.5, 0.6) is 0 Å². The molecule has 2 aliphatic rings. The minimum absolute atomic E-state index is 0.286. The second-order valence-corrected chi connectivity index (χ2v) is 7.73. The lowest BCUT2D eigenvalue weighted by Crippen LogP contribution is -2.68. The highest BCUT2D eigenvalue weighted by molar-refractivity contribution is 5.30. The smallest absolute Gasteiger partial charge is 0.136 e. The van der Waals surface area contributed by atoms with Crippen LogP contribution in [-0.2, 0) is 15.1 Å². The lowest BCUT2D eigenvalue weighted by atomic mass is 9.79. The average molecular weight is 428 g/mol. The molecule has 168 valence electrons. The largest absolute Gasteiger partial charge is 0.388 e. The molecular weight excluding hydrogens is 400 g/mol. The van der Waals surface area contributed by atoms with E-state index in [1.807, 2.05) is 0 Å². The molecule has 3 rings (SSSR count). The first-order chi connectivity index (χ1) is 14.1. The zero-order valence-electron chi connectivity index (χ0n) is 16.0. The SMILES string of the molecule is C=CC(O)(c1ccccc1)[C@@H]1O[C@H](C(O)[C@@H]2OC[C@@H](O)[C@@H](O)[C@@H]2O)[C@@H](O)[C@H](O)[C@H]1O. The van der Waals surface area contributed by atoms with Crippen molar-refractivity contribution >= 4 is 0 Å². The molecule has 2 aliphatic heterocycles. The molecule has 2 fully saturated rings. The van der Waals surface area contributed by atoms with Gasteiger partial charge in [0.05, 0.1) is 6.61 Å². The monoisotopic (exact) mass is 428 g/mol. The van der Waals surface area contributed by atoms with Gasteiger partial charge < -0.3 is 50.3 Å². The van der Waals surface area contributed by atoms with E-state index in [2.05, 4.69) is 6.58 Å². The van der Waals surface area contributed by atoms with Crippen LogP contribution in [0.25, 0.3) is 0 Å². The molecule has 8 N–H and O–H groups in total. The van der Waals surface area contributed by atoms with Crippen LogP contribution in [0.3, 0.4) is 0 Å². The fraction of sp³-hybridized carbons (Fsp3) is 0.600. The van der Waals surface area contributed by atoms with Crippen molar-refractivity contribution in [3.8, 4) is 0 Å². The van der Waals surface area contributed by atoms with Crippen molar-refractivity contribution in [2.45, 2.75) is 66.6 Å². The number of rotatable bonds is 5. The third-order valence-corrected chi connectivity index (χ3v) is 5.84. The molecule has 0 aliphatic carbocycles. The predicted octanol–water partition coefficient (Wildman–Crippen LogP) is -3.25. The van der Waals surface area contributed by atoms with Gasteiger partial charge >= 0.3 is 0 Å². The van der Waals surface area contributed by atoms with Gasteiger partial charge in [0.1, 0.15) is 66.6 Å². The molecule has 10 heteroatoms. The molecule has 10 nitrogen and oxygen atoms in total. The van der Waals surface area contributed by atoms with Gasteiger partial charge in [-0.05, 0) is 5.56 Å². The van der Waals surface area contributed by atoms with Crippen LogP contribution in [0.15, 0.2) is 43.0 Å². The molecule has 2 heterocycles. The van der Waals surface area contributed by atoms with E-state index in [0.717, 1.165) is 6.08 Å².